The lowest BCUT2D eigenvalue weighted by atomic mass is 10.1. The maximum absolute atomic E-state index is 14.3. The number of halogens is 3. The maximum atomic E-state index is 14.3. The second-order valence-corrected chi connectivity index (χ2v) is 7.15. The molecule has 0 fully saturated rings. The van der Waals surface area contributed by atoms with Crippen LogP contribution in [-0.4, -0.2) is 22.1 Å². The van der Waals surface area contributed by atoms with E-state index in [1.54, 1.807) is 0 Å². The number of amides is 1. The standard InChI is InChI=1S/C19H12ClF2NO4S/c1-8-2-4-10(16(22)15(8)21)17-14(19(26)27)12(7-28-17)23-18(25)11-6-9(20)3-5-13(11)24/h2-7,24H,1H3,(H,23,25)(H,26,27). The number of hydrogen-bond acceptors (Lipinski definition) is 4. The van der Waals surface area contributed by atoms with Gasteiger partial charge in [-0.15, -0.1) is 11.3 Å². The Bertz CT molecular complexity index is 1110. The topological polar surface area (TPSA) is 86.6 Å². The predicted octanol–water partition coefficient (Wildman–Crippen LogP) is 5.31. The summed E-state index contributed by atoms with van der Waals surface area (Å²) in [7, 11) is 0. The molecule has 1 amide bonds. The number of thiophene rings is 1. The number of aryl methyl sites for hydroxylation is 1. The van der Waals surface area contributed by atoms with E-state index in [1.165, 1.54) is 42.6 Å². The van der Waals surface area contributed by atoms with Crippen LogP contribution in [0.4, 0.5) is 14.5 Å². The average molecular weight is 424 g/mol. The van der Waals surface area contributed by atoms with Gasteiger partial charge >= 0.3 is 5.97 Å². The Morgan fingerprint density at radius 1 is 1.14 bits per heavy atom. The zero-order valence-electron chi connectivity index (χ0n) is 14.2. The minimum atomic E-state index is -1.43. The molecule has 3 aromatic rings. The van der Waals surface area contributed by atoms with Crippen LogP contribution in [0.25, 0.3) is 10.4 Å². The molecule has 3 rings (SSSR count). The molecule has 0 atom stereocenters. The van der Waals surface area contributed by atoms with Gasteiger partial charge in [0.15, 0.2) is 11.6 Å². The fourth-order valence-electron chi connectivity index (χ4n) is 2.56. The molecule has 5 nitrogen and oxygen atoms in total. The van der Waals surface area contributed by atoms with E-state index in [2.05, 4.69) is 5.32 Å². The summed E-state index contributed by atoms with van der Waals surface area (Å²) in [6, 6.07) is 6.43. The molecular weight excluding hydrogens is 412 g/mol. The van der Waals surface area contributed by atoms with Gasteiger partial charge in [0.05, 0.1) is 16.1 Å². The summed E-state index contributed by atoms with van der Waals surface area (Å²) >= 11 is 6.65. The second kappa shape index (κ2) is 7.57. The van der Waals surface area contributed by atoms with Gasteiger partial charge in [-0.3, -0.25) is 4.79 Å². The number of aromatic carboxylic acids is 1. The minimum absolute atomic E-state index is 0.0467. The number of carbonyl (C=O) groups excluding carboxylic acids is 1. The normalized spacial score (nSPS) is 10.7. The van der Waals surface area contributed by atoms with Crippen LogP contribution in [0.1, 0.15) is 26.3 Å². The van der Waals surface area contributed by atoms with E-state index >= 15 is 0 Å². The zero-order chi connectivity index (χ0) is 20.6. The molecule has 1 aromatic heterocycles. The van der Waals surface area contributed by atoms with Crippen molar-refractivity contribution in [2.45, 2.75) is 6.92 Å². The average Bonchev–Trinajstić information content (AvgIpc) is 3.05. The van der Waals surface area contributed by atoms with Crippen molar-refractivity contribution in [3.8, 4) is 16.2 Å². The number of carboxylic acid groups (broad SMARTS) is 1. The largest absolute Gasteiger partial charge is 0.507 e. The van der Waals surface area contributed by atoms with Gasteiger partial charge in [0.25, 0.3) is 5.91 Å². The van der Waals surface area contributed by atoms with E-state index in [-0.39, 0.29) is 43.6 Å². The van der Waals surface area contributed by atoms with Crippen LogP contribution >= 0.6 is 22.9 Å². The third-order valence-electron chi connectivity index (χ3n) is 3.98. The van der Waals surface area contributed by atoms with Crippen LogP contribution in [0, 0.1) is 18.6 Å². The number of carboxylic acids is 1. The molecule has 9 heteroatoms. The molecule has 0 spiro atoms. The highest BCUT2D eigenvalue weighted by Crippen LogP contribution is 2.38. The molecule has 3 N–H and O–H groups in total. The fourth-order valence-corrected chi connectivity index (χ4v) is 3.75. The predicted molar refractivity (Wildman–Crippen MR) is 102 cm³/mol. The molecule has 144 valence electrons. The van der Waals surface area contributed by atoms with Crippen LogP contribution in [0.3, 0.4) is 0 Å². The summed E-state index contributed by atoms with van der Waals surface area (Å²) in [5.74, 6) is -4.82. The van der Waals surface area contributed by atoms with E-state index in [0.29, 0.717) is 0 Å². The quantitative estimate of drug-likeness (QED) is 0.530. The lowest BCUT2D eigenvalue weighted by molar-refractivity contribution is 0.0699. The number of benzene rings is 2. The first kappa shape index (κ1) is 19.8. The molecule has 0 saturated carbocycles. The monoisotopic (exact) mass is 423 g/mol. The number of carbonyl (C=O) groups is 2. The summed E-state index contributed by atoms with van der Waals surface area (Å²) in [5.41, 5.74) is -0.806. The first-order valence-electron chi connectivity index (χ1n) is 7.80. The summed E-state index contributed by atoms with van der Waals surface area (Å²) in [6.45, 7) is 1.39. The van der Waals surface area contributed by atoms with Gasteiger partial charge in [-0.2, -0.15) is 0 Å². The molecular formula is C19H12ClF2NO4S. The molecule has 2 aromatic carbocycles. The van der Waals surface area contributed by atoms with Gasteiger partial charge in [0, 0.05) is 16.0 Å². The van der Waals surface area contributed by atoms with Crippen LogP contribution in [0.2, 0.25) is 5.02 Å². The highest BCUT2D eigenvalue weighted by molar-refractivity contribution is 7.14. The molecule has 1 heterocycles. The van der Waals surface area contributed by atoms with Gasteiger partial charge in [-0.1, -0.05) is 23.7 Å². The van der Waals surface area contributed by atoms with Crippen molar-refractivity contribution in [3.63, 3.8) is 0 Å². The van der Waals surface area contributed by atoms with Crippen LogP contribution in [0.5, 0.6) is 5.75 Å². The first-order valence-corrected chi connectivity index (χ1v) is 9.06. The summed E-state index contributed by atoms with van der Waals surface area (Å²) in [6.07, 6.45) is 0. The van der Waals surface area contributed by atoms with Crippen LogP contribution in [-0.2, 0) is 0 Å². The molecule has 0 aliphatic rings. The van der Waals surface area contributed by atoms with Gasteiger partial charge in [0.1, 0.15) is 11.3 Å². The van der Waals surface area contributed by atoms with Crippen molar-refractivity contribution in [1.29, 1.82) is 0 Å². The smallest absolute Gasteiger partial charge is 0.339 e. The van der Waals surface area contributed by atoms with E-state index in [9.17, 15) is 28.6 Å². The first-order chi connectivity index (χ1) is 13.2. The molecule has 0 aliphatic carbocycles. The highest BCUT2D eigenvalue weighted by Gasteiger charge is 2.25. The fraction of sp³-hybridized carbons (Fsp3) is 0.0526. The number of phenols is 1. The molecule has 0 bridgehead atoms. The van der Waals surface area contributed by atoms with Crippen molar-refractivity contribution < 1.29 is 28.6 Å². The van der Waals surface area contributed by atoms with Crippen molar-refractivity contribution >= 4 is 40.5 Å². The van der Waals surface area contributed by atoms with Gasteiger partial charge in [-0.05, 0) is 30.7 Å². The molecule has 0 saturated heterocycles. The Morgan fingerprint density at radius 2 is 1.86 bits per heavy atom. The van der Waals surface area contributed by atoms with Crippen molar-refractivity contribution in [1.82, 2.24) is 0 Å². The molecule has 0 radical (unpaired) electrons. The number of aromatic hydroxyl groups is 1. The van der Waals surface area contributed by atoms with E-state index in [4.69, 9.17) is 11.6 Å². The Morgan fingerprint density at radius 3 is 2.54 bits per heavy atom. The summed E-state index contributed by atoms with van der Waals surface area (Å²) in [5, 5.41) is 23.2. The van der Waals surface area contributed by atoms with E-state index in [0.717, 1.165) is 11.3 Å². The lowest BCUT2D eigenvalue weighted by Gasteiger charge is -2.09. The van der Waals surface area contributed by atoms with Gasteiger partial charge in [0.2, 0.25) is 0 Å². The van der Waals surface area contributed by atoms with Crippen molar-refractivity contribution in [2.75, 3.05) is 5.32 Å². The Kier molecular flexibility index (Phi) is 5.35. The number of phenolic OH excluding ortho intramolecular Hbond substituents is 1. The van der Waals surface area contributed by atoms with Gasteiger partial charge < -0.3 is 15.5 Å². The number of nitrogens with one attached hydrogen (secondary N) is 1. The third-order valence-corrected chi connectivity index (χ3v) is 5.22. The number of hydrogen-bond donors (Lipinski definition) is 3. The van der Waals surface area contributed by atoms with Crippen LogP contribution in [0.15, 0.2) is 35.7 Å². The molecule has 0 aliphatic heterocycles. The Balaban J connectivity index is 2.05. The SMILES string of the molecule is Cc1ccc(-c2scc(NC(=O)c3cc(Cl)ccc3O)c2C(=O)O)c(F)c1F. The number of anilines is 1. The van der Waals surface area contributed by atoms with Crippen LogP contribution < -0.4 is 5.32 Å². The summed E-state index contributed by atoms with van der Waals surface area (Å²) in [4.78, 5) is 24.1. The Labute approximate surface area is 166 Å². The molecule has 28 heavy (non-hydrogen) atoms. The van der Waals surface area contributed by atoms with E-state index in [1.807, 2.05) is 0 Å². The highest BCUT2D eigenvalue weighted by atomic mass is 35.5. The summed E-state index contributed by atoms with van der Waals surface area (Å²) < 4.78 is 28.2. The zero-order valence-corrected chi connectivity index (χ0v) is 15.8. The molecule has 0 unspecified atom stereocenters. The minimum Gasteiger partial charge on any atom is -0.507 e. The second-order valence-electron chi connectivity index (χ2n) is 5.83. The maximum Gasteiger partial charge on any atom is 0.339 e. The third kappa shape index (κ3) is 3.56. The number of rotatable bonds is 4. The van der Waals surface area contributed by atoms with Crippen molar-refractivity contribution in [2.24, 2.45) is 0 Å². The Hall–Kier alpha value is -2.97. The van der Waals surface area contributed by atoms with Crippen molar-refractivity contribution in [3.05, 3.63) is 69.1 Å². The van der Waals surface area contributed by atoms with Gasteiger partial charge in [-0.25, -0.2) is 13.6 Å². The lowest BCUT2D eigenvalue weighted by Crippen LogP contribution is -2.14. The van der Waals surface area contributed by atoms with E-state index < -0.39 is 23.5 Å².